The van der Waals surface area contributed by atoms with Crippen molar-refractivity contribution in [1.82, 2.24) is 4.72 Å². The van der Waals surface area contributed by atoms with Crippen LogP contribution in [0.4, 0.5) is 0 Å². The average molecular weight is 257 g/mol. The van der Waals surface area contributed by atoms with Gasteiger partial charge in [-0.2, -0.15) is 0 Å². The fourth-order valence-corrected chi connectivity index (χ4v) is 2.68. The van der Waals surface area contributed by atoms with Crippen LogP contribution in [0.2, 0.25) is 0 Å². The Morgan fingerprint density at radius 1 is 1.35 bits per heavy atom. The molecule has 1 aromatic rings. The van der Waals surface area contributed by atoms with E-state index in [-0.39, 0.29) is 10.8 Å². The van der Waals surface area contributed by atoms with E-state index >= 15 is 0 Å². The molecule has 0 aliphatic carbocycles. The fraction of sp³-hybridized carbons (Fsp3) is 0.500. The van der Waals surface area contributed by atoms with Gasteiger partial charge in [0.1, 0.15) is 5.75 Å². The standard InChI is InChI=1S/C12H19NO3S/c1-9(2)8-13-17(14,15)11-5-6-12(16-4)10(3)7-11/h5-7,9,13H,8H2,1-4H3. The van der Waals surface area contributed by atoms with E-state index in [4.69, 9.17) is 4.74 Å². The molecule has 17 heavy (non-hydrogen) atoms. The van der Waals surface area contributed by atoms with Gasteiger partial charge in [0.15, 0.2) is 0 Å². The third-order valence-electron chi connectivity index (χ3n) is 2.36. The minimum atomic E-state index is -3.41. The number of rotatable bonds is 5. The molecule has 1 rings (SSSR count). The lowest BCUT2D eigenvalue weighted by molar-refractivity contribution is 0.411. The number of benzene rings is 1. The molecule has 4 nitrogen and oxygen atoms in total. The molecule has 0 saturated carbocycles. The maximum atomic E-state index is 11.9. The Labute approximate surface area is 103 Å². The van der Waals surface area contributed by atoms with Crippen molar-refractivity contribution in [3.05, 3.63) is 23.8 Å². The van der Waals surface area contributed by atoms with E-state index in [1.54, 1.807) is 25.3 Å². The quantitative estimate of drug-likeness (QED) is 0.877. The van der Waals surface area contributed by atoms with Crippen LogP contribution in [0, 0.1) is 12.8 Å². The second-order valence-corrected chi connectivity index (χ2v) is 6.14. The van der Waals surface area contributed by atoms with Gasteiger partial charge in [-0.1, -0.05) is 13.8 Å². The molecule has 0 amide bonds. The summed E-state index contributed by atoms with van der Waals surface area (Å²) in [6, 6.07) is 4.83. The largest absolute Gasteiger partial charge is 0.496 e. The molecule has 1 N–H and O–H groups in total. The van der Waals surface area contributed by atoms with Crippen molar-refractivity contribution in [3.63, 3.8) is 0 Å². The number of hydrogen-bond donors (Lipinski definition) is 1. The van der Waals surface area contributed by atoms with E-state index in [2.05, 4.69) is 4.72 Å². The van der Waals surface area contributed by atoms with Crippen molar-refractivity contribution < 1.29 is 13.2 Å². The van der Waals surface area contributed by atoms with Crippen molar-refractivity contribution >= 4 is 10.0 Å². The van der Waals surface area contributed by atoms with E-state index in [1.807, 2.05) is 20.8 Å². The molecule has 0 fully saturated rings. The SMILES string of the molecule is COc1ccc(S(=O)(=O)NCC(C)C)cc1C. The van der Waals surface area contributed by atoms with Crippen LogP contribution in [-0.4, -0.2) is 22.1 Å². The predicted octanol–water partition coefficient (Wildman–Crippen LogP) is 1.94. The zero-order chi connectivity index (χ0) is 13.1. The van der Waals surface area contributed by atoms with E-state index in [0.29, 0.717) is 12.3 Å². The summed E-state index contributed by atoms with van der Waals surface area (Å²) in [4.78, 5) is 0.274. The molecule has 1 aromatic carbocycles. The first-order valence-electron chi connectivity index (χ1n) is 5.51. The highest BCUT2D eigenvalue weighted by atomic mass is 32.2. The molecule has 5 heteroatoms. The lowest BCUT2D eigenvalue weighted by Gasteiger charge is -2.10. The molecule has 0 aromatic heterocycles. The average Bonchev–Trinajstić information content (AvgIpc) is 2.26. The molecule has 0 aliphatic rings. The minimum Gasteiger partial charge on any atom is -0.496 e. The summed E-state index contributed by atoms with van der Waals surface area (Å²) < 4.78 is 31.5. The zero-order valence-electron chi connectivity index (χ0n) is 10.6. The highest BCUT2D eigenvalue weighted by molar-refractivity contribution is 7.89. The van der Waals surface area contributed by atoms with Gasteiger partial charge in [0, 0.05) is 6.54 Å². The maximum absolute atomic E-state index is 11.9. The van der Waals surface area contributed by atoms with Crippen LogP contribution < -0.4 is 9.46 Å². The highest BCUT2D eigenvalue weighted by Crippen LogP contribution is 2.21. The van der Waals surface area contributed by atoms with Crippen LogP contribution in [0.25, 0.3) is 0 Å². The second-order valence-electron chi connectivity index (χ2n) is 4.38. The van der Waals surface area contributed by atoms with Crippen molar-refractivity contribution in [2.45, 2.75) is 25.7 Å². The van der Waals surface area contributed by atoms with Crippen molar-refractivity contribution in [3.8, 4) is 5.75 Å². The van der Waals surface area contributed by atoms with Gasteiger partial charge in [0.25, 0.3) is 0 Å². The normalized spacial score (nSPS) is 11.8. The van der Waals surface area contributed by atoms with Crippen LogP contribution in [0.1, 0.15) is 19.4 Å². The Bertz CT molecular complexity index is 481. The van der Waals surface area contributed by atoms with Crippen LogP contribution in [0.5, 0.6) is 5.75 Å². The molecule has 0 bridgehead atoms. The Hall–Kier alpha value is -1.07. The van der Waals surface area contributed by atoms with Crippen molar-refractivity contribution in [2.24, 2.45) is 5.92 Å². The van der Waals surface area contributed by atoms with Crippen molar-refractivity contribution in [2.75, 3.05) is 13.7 Å². The number of hydrogen-bond acceptors (Lipinski definition) is 3. The highest BCUT2D eigenvalue weighted by Gasteiger charge is 2.15. The predicted molar refractivity (Wildman–Crippen MR) is 67.8 cm³/mol. The molecular formula is C12H19NO3S. The molecule has 0 spiro atoms. The lowest BCUT2D eigenvalue weighted by atomic mass is 10.2. The fourth-order valence-electron chi connectivity index (χ4n) is 1.38. The van der Waals surface area contributed by atoms with Crippen LogP contribution in [0.15, 0.2) is 23.1 Å². The minimum absolute atomic E-state index is 0.274. The van der Waals surface area contributed by atoms with Gasteiger partial charge in [0.2, 0.25) is 10.0 Å². The van der Waals surface area contributed by atoms with Crippen LogP contribution in [0.3, 0.4) is 0 Å². The molecule has 0 atom stereocenters. The van der Waals surface area contributed by atoms with E-state index in [0.717, 1.165) is 5.56 Å². The van der Waals surface area contributed by atoms with E-state index in [9.17, 15) is 8.42 Å². The summed E-state index contributed by atoms with van der Waals surface area (Å²) in [6.07, 6.45) is 0. The molecule has 0 aliphatic heterocycles. The molecule has 0 saturated heterocycles. The monoisotopic (exact) mass is 257 g/mol. The number of aryl methyl sites for hydroxylation is 1. The smallest absolute Gasteiger partial charge is 0.240 e. The number of ether oxygens (including phenoxy) is 1. The zero-order valence-corrected chi connectivity index (χ0v) is 11.5. The summed E-state index contributed by atoms with van der Waals surface area (Å²) >= 11 is 0. The first-order valence-corrected chi connectivity index (χ1v) is 6.99. The Kier molecular flexibility index (Phi) is 4.54. The molecule has 96 valence electrons. The molecule has 0 unspecified atom stereocenters. The van der Waals surface area contributed by atoms with Crippen LogP contribution >= 0.6 is 0 Å². The summed E-state index contributed by atoms with van der Waals surface area (Å²) in [5.74, 6) is 0.969. The van der Waals surface area contributed by atoms with Gasteiger partial charge in [-0.05, 0) is 36.6 Å². The molecule has 0 heterocycles. The third-order valence-corrected chi connectivity index (χ3v) is 3.78. The number of methoxy groups -OCH3 is 1. The van der Waals surface area contributed by atoms with Gasteiger partial charge < -0.3 is 4.74 Å². The van der Waals surface area contributed by atoms with Crippen molar-refractivity contribution in [1.29, 1.82) is 0 Å². The summed E-state index contributed by atoms with van der Waals surface area (Å²) in [5.41, 5.74) is 0.805. The van der Waals surface area contributed by atoms with Gasteiger partial charge >= 0.3 is 0 Å². The summed E-state index contributed by atoms with van der Waals surface area (Å²) in [6.45, 7) is 6.18. The van der Waals surface area contributed by atoms with Gasteiger partial charge in [0.05, 0.1) is 12.0 Å². The van der Waals surface area contributed by atoms with E-state index in [1.165, 1.54) is 0 Å². The molecule has 0 radical (unpaired) electrons. The molecular weight excluding hydrogens is 238 g/mol. The second kappa shape index (κ2) is 5.51. The Balaban J connectivity index is 2.96. The Morgan fingerprint density at radius 3 is 2.47 bits per heavy atom. The first-order chi connectivity index (χ1) is 7.86. The lowest BCUT2D eigenvalue weighted by Crippen LogP contribution is -2.27. The number of sulfonamides is 1. The van der Waals surface area contributed by atoms with Crippen LogP contribution in [-0.2, 0) is 10.0 Å². The van der Waals surface area contributed by atoms with E-state index < -0.39 is 10.0 Å². The first kappa shape index (κ1) is 14.0. The van der Waals surface area contributed by atoms with Gasteiger partial charge in [-0.15, -0.1) is 0 Å². The van der Waals surface area contributed by atoms with Gasteiger partial charge in [-0.25, -0.2) is 13.1 Å². The number of nitrogens with one attached hydrogen (secondary N) is 1. The topological polar surface area (TPSA) is 55.4 Å². The summed E-state index contributed by atoms with van der Waals surface area (Å²) in [7, 11) is -1.85. The maximum Gasteiger partial charge on any atom is 0.240 e. The summed E-state index contributed by atoms with van der Waals surface area (Å²) in [5, 5.41) is 0. The Morgan fingerprint density at radius 2 is 2.00 bits per heavy atom. The third kappa shape index (κ3) is 3.71. The van der Waals surface area contributed by atoms with Gasteiger partial charge in [-0.3, -0.25) is 0 Å².